The molecule has 0 spiro atoms. The topological polar surface area (TPSA) is 59.0 Å². The molecule has 3 aromatic rings. The number of fused-ring (bicyclic) bond motifs is 1. The number of ether oxygens (including phenoxy) is 2. The Labute approximate surface area is 204 Å². The molecule has 0 fully saturated rings. The van der Waals surface area contributed by atoms with Crippen LogP contribution in [0.2, 0.25) is 15.1 Å². The van der Waals surface area contributed by atoms with Gasteiger partial charge >= 0.3 is 5.97 Å². The van der Waals surface area contributed by atoms with Crippen molar-refractivity contribution in [1.82, 2.24) is 0 Å². The van der Waals surface area contributed by atoms with Crippen molar-refractivity contribution in [3.63, 3.8) is 0 Å². The first-order valence-corrected chi connectivity index (χ1v) is 11.0. The Bertz CT molecular complexity index is 1250. The predicted octanol–water partition coefficient (Wildman–Crippen LogP) is 7.21. The van der Waals surface area contributed by atoms with Crippen molar-refractivity contribution >= 4 is 52.1 Å². The van der Waals surface area contributed by atoms with Crippen molar-refractivity contribution in [2.75, 3.05) is 11.5 Å². The summed E-state index contributed by atoms with van der Waals surface area (Å²) in [7, 11) is 0. The number of aliphatic hydroxyl groups is 1. The Balaban J connectivity index is 1.70. The molecular formula is C24H17Cl3FNO4. The summed E-state index contributed by atoms with van der Waals surface area (Å²) in [5, 5.41) is 11.4. The minimum absolute atomic E-state index is 0.0257. The van der Waals surface area contributed by atoms with Gasteiger partial charge in [-0.3, -0.25) is 0 Å². The van der Waals surface area contributed by atoms with Gasteiger partial charge in [0, 0.05) is 23.5 Å². The van der Waals surface area contributed by atoms with Crippen LogP contribution in [-0.4, -0.2) is 17.7 Å². The van der Waals surface area contributed by atoms with E-state index in [1.807, 2.05) is 0 Å². The molecule has 5 nitrogen and oxygen atoms in total. The molecule has 1 unspecified atom stereocenters. The van der Waals surface area contributed by atoms with Crippen LogP contribution in [0.5, 0.6) is 11.5 Å². The average molecular weight is 509 g/mol. The lowest BCUT2D eigenvalue weighted by Gasteiger charge is -2.32. The second kappa shape index (κ2) is 9.61. The fraction of sp³-hybridized carbons (Fsp3) is 0.125. The SMILES string of the molecule is CCOC(=O)C1=CN(c2ccc(Oc3ccc(Cl)c(Cl)c3)cc2)c2cc(Cl)c(F)cc2C1O. The molecule has 33 heavy (non-hydrogen) atoms. The molecule has 1 N–H and O–H groups in total. The molecule has 0 radical (unpaired) electrons. The van der Waals surface area contributed by atoms with E-state index in [-0.39, 0.29) is 22.8 Å². The number of carbonyl (C=O) groups is 1. The Morgan fingerprint density at radius 2 is 1.70 bits per heavy atom. The summed E-state index contributed by atoms with van der Waals surface area (Å²) >= 11 is 18.0. The fourth-order valence-electron chi connectivity index (χ4n) is 3.37. The van der Waals surface area contributed by atoms with Gasteiger partial charge in [0.25, 0.3) is 0 Å². The number of esters is 1. The zero-order valence-electron chi connectivity index (χ0n) is 17.2. The van der Waals surface area contributed by atoms with E-state index in [9.17, 15) is 14.3 Å². The van der Waals surface area contributed by atoms with Gasteiger partial charge in [0.2, 0.25) is 0 Å². The normalized spacial score (nSPS) is 15.0. The Morgan fingerprint density at radius 3 is 2.36 bits per heavy atom. The third-order valence-electron chi connectivity index (χ3n) is 4.94. The second-order valence-corrected chi connectivity index (χ2v) is 8.30. The molecule has 1 aliphatic heterocycles. The van der Waals surface area contributed by atoms with Crippen LogP contribution in [0.15, 0.2) is 66.4 Å². The van der Waals surface area contributed by atoms with Crippen molar-refractivity contribution < 1.29 is 23.8 Å². The lowest BCUT2D eigenvalue weighted by Crippen LogP contribution is -2.25. The van der Waals surface area contributed by atoms with Gasteiger partial charge in [-0.05, 0) is 55.5 Å². The molecule has 0 saturated carbocycles. The maximum Gasteiger partial charge on any atom is 0.338 e. The highest BCUT2D eigenvalue weighted by Gasteiger charge is 2.32. The summed E-state index contributed by atoms with van der Waals surface area (Å²) in [5.41, 5.74) is 1.22. The van der Waals surface area contributed by atoms with Gasteiger partial charge < -0.3 is 19.5 Å². The van der Waals surface area contributed by atoms with Crippen molar-refractivity contribution in [2.24, 2.45) is 0 Å². The van der Waals surface area contributed by atoms with E-state index in [4.69, 9.17) is 44.3 Å². The molecule has 1 atom stereocenters. The third-order valence-corrected chi connectivity index (χ3v) is 5.97. The maximum absolute atomic E-state index is 14.2. The second-order valence-electron chi connectivity index (χ2n) is 7.07. The maximum atomic E-state index is 14.2. The average Bonchev–Trinajstić information content (AvgIpc) is 2.79. The highest BCUT2D eigenvalue weighted by atomic mass is 35.5. The van der Waals surface area contributed by atoms with Gasteiger partial charge in [0.15, 0.2) is 0 Å². The van der Waals surface area contributed by atoms with Crippen molar-refractivity contribution in [3.8, 4) is 11.5 Å². The van der Waals surface area contributed by atoms with E-state index in [1.165, 1.54) is 12.3 Å². The highest BCUT2D eigenvalue weighted by molar-refractivity contribution is 6.42. The first-order chi connectivity index (χ1) is 15.8. The van der Waals surface area contributed by atoms with Crippen LogP contribution in [0, 0.1) is 5.82 Å². The van der Waals surface area contributed by atoms with Gasteiger partial charge in [0.1, 0.15) is 23.4 Å². The zero-order valence-corrected chi connectivity index (χ0v) is 19.5. The van der Waals surface area contributed by atoms with Crippen LogP contribution in [0.4, 0.5) is 15.8 Å². The number of nitrogens with zero attached hydrogens (tertiary/aromatic N) is 1. The van der Waals surface area contributed by atoms with Crippen LogP contribution in [0.3, 0.4) is 0 Å². The fourth-order valence-corrected chi connectivity index (χ4v) is 3.82. The van der Waals surface area contributed by atoms with Crippen LogP contribution < -0.4 is 9.64 Å². The number of benzene rings is 3. The number of anilines is 2. The molecule has 9 heteroatoms. The van der Waals surface area contributed by atoms with Crippen LogP contribution >= 0.6 is 34.8 Å². The largest absolute Gasteiger partial charge is 0.463 e. The van der Waals surface area contributed by atoms with E-state index in [2.05, 4.69) is 0 Å². The quantitative estimate of drug-likeness (QED) is 0.369. The molecule has 0 aromatic heterocycles. The summed E-state index contributed by atoms with van der Waals surface area (Å²) in [6, 6.07) is 14.3. The number of aliphatic hydroxyl groups excluding tert-OH is 1. The molecule has 170 valence electrons. The Hall–Kier alpha value is -2.77. The molecule has 0 aliphatic carbocycles. The van der Waals surface area contributed by atoms with Gasteiger partial charge in [-0.15, -0.1) is 0 Å². The van der Waals surface area contributed by atoms with E-state index >= 15 is 0 Å². The lowest BCUT2D eigenvalue weighted by molar-refractivity contribution is -0.139. The molecule has 1 heterocycles. The van der Waals surface area contributed by atoms with Gasteiger partial charge in [-0.25, -0.2) is 9.18 Å². The standard InChI is InChI=1S/C24H17Cl3FNO4/c1-2-32-24(31)17-12-29(22-11-20(27)21(28)10-16(22)23(17)30)13-3-5-14(6-4-13)33-15-7-8-18(25)19(26)9-15/h3-12,23,30H,2H2,1H3. The molecule has 4 rings (SSSR count). The highest BCUT2D eigenvalue weighted by Crippen LogP contribution is 2.43. The number of carbonyl (C=O) groups excluding carboxylic acids is 1. The van der Waals surface area contributed by atoms with E-state index in [0.717, 1.165) is 6.07 Å². The summed E-state index contributed by atoms with van der Waals surface area (Å²) in [6.07, 6.45) is 0.0907. The molecule has 3 aromatic carbocycles. The van der Waals surface area contributed by atoms with E-state index in [0.29, 0.717) is 32.9 Å². The first kappa shape index (κ1) is 23.4. The Kier molecular flexibility index (Phi) is 6.81. The first-order valence-electron chi connectivity index (χ1n) is 9.86. The molecule has 1 aliphatic rings. The van der Waals surface area contributed by atoms with Gasteiger partial charge in [0.05, 0.1) is 32.9 Å². The minimum Gasteiger partial charge on any atom is -0.463 e. The summed E-state index contributed by atoms with van der Waals surface area (Å²) in [6.45, 7) is 1.79. The number of rotatable bonds is 5. The smallest absolute Gasteiger partial charge is 0.338 e. The number of hydrogen-bond acceptors (Lipinski definition) is 5. The van der Waals surface area contributed by atoms with Gasteiger partial charge in [-0.1, -0.05) is 34.8 Å². The minimum atomic E-state index is -1.36. The number of hydrogen-bond donors (Lipinski definition) is 1. The van der Waals surface area contributed by atoms with Gasteiger partial charge in [-0.2, -0.15) is 0 Å². The Morgan fingerprint density at radius 1 is 1.00 bits per heavy atom. The van der Waals surface area contributed by atoms with Crippen molar-refractivity contribution in [3.05, 3.63) is 92.8 Å². The summed E-state index contributed by atoms with van der Waals surface area (Å²) in [5.74, 6) is -0.364. The zero-order chi connectivity index (χ0) is 23.7. The molecule has 0 saturated heterocycles. The van der Waals surface area contributed by atoms with Crippen molar-refractivity contribution in [1.29, 1.82) is 0 Å². The van der Waals surface area contributed by atoms with E-state index < -0.39 is 17.9 Å². The molecular weight excluding hydrogens is 492 g/mol. The predicted molar refractivity (Wildman–Crippen MR) is 126 cm³/mol. The third kappa shape index (κ3) is 4.80. The van der Waals surface area contributed by atoms with Crippen LogP contribution in [0.25, 0.3) is 0 Å². The summed E-state index contributed by atoms with van der Waals surface area (Å²) < 4.78 is 25.0. The molecule has 0 bridgehead atoms. The lowest BCUT2D eigenvalue weighted by atomic mass is 9.95. The monoisotopic (exact) mass is 507 g/mol. The van der Waals surface area contributed by atoms with Crippen LogP contribution in [-0.2, 0) is 9.53 Å². The van der Waals surface area contributed by atoms with Crippen LogP contribution in [0.1, 0.15) is 18.6 Å². The molecule has 0 amide bonds. The summed E-state index contributed by atoms with van der Waals surface area (Å²) in [4.78, 5) is 14.0. The van der Waals surface area contributed by atoms with Crippen molar-refractivity contribution in [2.45, 2.75) is 13.0 Å². The number of halogens is 4. The van der Waals surface area contributed by atoms with E-state index in [1.54, 1.807) is 54.3 Å².